The van der Waals surface area contributed by atoms with Crippen molar-refractivity contribution in [1.82, 2.24) is 10.2 Å². The zero-order valence-corrected chi connectivity index (χ0v) is 11.3. The molecule has 4 heteroatoms. The molecule has 0 unspecified atom stereocenters. The van der Waals surface area contributed by atoms with Crippen molar-refractivity contribution in [2.45, 2.75) is 39.5 Å². The number of carbonyl (C=O) groups is 2. The molecule has 100 valence electrons. The summed E-state index contributed by atoms with van der Waals surface area (Å²) in [6, 6.07) is 0. The van der Waals surface area contributed by atoms with Crippen LogP contribution in [-0.2, 0) is 9.59 Å². The predicted molar refractivity (Wildman–Crippen MR) is 69.9 cm³/mol. The number of piperidine rings is 2. The highest BCUT2D eigenvalue weighted by Crippen LogP contribution is 2.38. The summed E-state index contributed by atoms with van der Waals surface area (Å²) in [7, 11) is 0. The maximum absolute atomic E-state index is 12.0. The van der Waals surface area contributed by atoms with Crippen LogP contribution in [0.3, 0.4) is 0 Å². The molecule has 2 rings (SSSR count). The first kappa shape index (κ1) is 13.1. The van der Waals surface area contributed by atoms with E-state index in [0.29, 0.717) is 13.1 Å². The Kier molecular flexibility index (Phi) is 3.73. The predicted octanol–water partition coefficient (Wildman–Crippen LogP) is 1.47. The van der Waals surface area contributed by atoms with Crippen LogP contribution in [0.4, 0.5) is 0 Å². The fourth-order valence-electron chi connectivity index (χ4n) is 2.90. The smallest absolute Gasteiger partial charge is 0.246 e. The van der Waals surface area contributed by atoms with Crippen LogP contribution in [-0.4, -0.2) is 36.3 Å². The largest absolute Gasteiger partial charge is 0.356 e. The summed E-state index contributed by atoms with van der Waals surface area (Å²) in [5, 5.41) is 2.96. The number of nitrogens with zero attached hydrogens (tertiary/aromatic N) is 1. The number of allylic oxidation sites excluding steroid dienone is 1. The molecule has 0 aromatic heterocycles. The van der Waals surface area contributed by atoms with Crippen LogP contribution in [0.25, 0.3) is 0 Å². The number of rotatable bonds is 1. The molecule has 2 amide bonds. The Morgan fingerprint density at radius 1 is 1.28 bits per heavy atom. The summed E-state index contributed by atoms with van der Waals surface area (Å²) >= 11 is 0. The Balaban J connectivity index is 1.97. The van der Waals surface area contributed by atoms with Crippen LogP contribution in [0.1, 0.15) is 39.5 Å². The number of hydrogen-bond donors (Lipinski definition) is 1. The second-order valence-corrected chi connectivity index (χ2v) is 5.69. The molecule has 18 heavy (non-hydrogen) atoms. The minimum absolute atomic E-state index is 0.0843. The topological polar surface area (TPSA) is 49.4 Å². The maximum Gasteiger partial charge on any atom is 0.246 e. The third kappa shape index (κ3) is 2.57. The molecule has 0 bridgehead atoms. The molecule has 0 aromatic carbocycles. The summed E-state index contributed by atoms with van der Waals surface area (Å²) in [6.45, 7) is 6.07. The van der Waals surface area contributed by atoms with Crippen LogP contribution in [0.5, 0.6) is 0 Å². The number of amides is 2. The molecule has 4 nitrogen and oxygen atoms in total. The van der Waals surface area contributed by atoms with Gasteiger partial charge in [-0.15, -0.1) is 0 Å². The SMILES string of the molecule is CC(C)=CC(=O)N1CCC2(CCCNC2=O)CC1. The fourth-order valence-corrected chi connectivity index (χ4v) is 2.90. The quantitative estimate of drug-likeness (QED) is 0.716. The zero-order valence-electron chi connectivity index (χ0n) is 11.3. The van der Waals surface area contributed by atoms with Crippen molar-refractivity contribution >= 4 is 11.8 Å². The van der Waals surface area contributed by atoms with E-state index in [9.17, 15) is 9.59 Å². The molecule has 1 spiro atoms. The zero-order chi connectivity index (χ0) is 13.2. The lowest BCUT2D eigenvalue weighted by molar-refractivity contribution is -0.140. The van der Waals surface area contributed by atoms with Gasteiger partial charge in [-0.1, -0.05) is 5.57 Å². The van der Waals surface area contributed by atoms with Crippen molar-refractivity contribution < 1.29 is 9.59 Å². The van der Waals surface area contributed by atoms with Gasteiger partial charge in [0.1, 0.15) is 0 Å². The van der Waals surface area contributed by atoms with Gasteiger partial charge < -0.3 is 10.2 Å². The molecular formula is C14H22N2O2. The fraction of sp³-hybridized carbons (Fsp3) is 0.714. The first-order valence-corrected chi connectivity index (χ1v) is 6.76. The second-order valence-electron chi connectivity index (χ2n) is 5.69. The molecular weight excluding hydrogens is 228 g/mol. The molecule has 0 radical (unpaired) electrons. The van der Waals surface area contributed by atoms with E-state index >= 15 is 0 Å². The summed E-state index contributed by atoms with van der Waals surface area (Å²) < 4.78 is 0. The highest BCUT2D eigenvalue weighted by Gasteiger charge is 2.42. The molecule has 2 saturated heterocycles. The van der Waals surface area contributed by atoms with E-state index in [1.165, 1.54) is 0 Å². The molecule has 1 N–H and O–H groups in total. The monoisotopic (exact) mass is 250 g/mol. The van der Waals surface area contributed by atoms with Crippen molar-refractivity contribution in [1.29, 1.82) is 0 Å². The lowest BCUT2D eigenvalue weighted by Gasteiger charge is -2.42. The first-order valence-electron chi connectivity index (χ1n) is 6.76. The van der Waals surface area contributed by atoms with Gasteiger partial charge in [-0.25, -0.2) is 0 Å². The van der Waals surface area contributed by atoms with Gasteiger partial charge in [-0.3, -0.25) is 9.59 Å². The van der Waals surface area contributed by atoms with E-state index in [2.05, 4.69) is 5.32 Å². The molecule has 0 saturated carbocycles. The number of likely N-dealkylation sites (tertiary alicyclic amines) is 1. The van der Waals surface area contributed by atoms with Gasteiger partial charge >= 0.3 is 0 Å². The minimum atomic E-state index is -0.194. The molecule has 2 heterocycles. The normalized spacial score (nSPS) is 22.6. The van der Waals surface area contributed by atoms with Crippen LogP contribution in [0.2, 0.25) is 0 Å². The molecule has 0 aliphatic carbocycles. The van der Waals surface area contributed by atoms with Gasteiger partial charge in [0.15, 0.2) is 0 Å². The van der Waals surface area contributed by atoms with Gasteiger partial charge in [-0.05, 0) is 39.5 Å². The van der Waals surface area contributed by atoms with Gasteiger partial charge in [0, 0.05) is 25.7 Å². The van der Waals surface area contributed by atoms with E-state index in [1.54, 1.807) is 6.08 Å². The Labute approximate surface area is 108 Å². The second kappa shape index (κ2) is 5.12. The highest BCUT2D eigenvalue weighted by atomic mass is 16.2. The third-order valence-corrected chi connectivity index (χ3v) is 4.04. The number of hydrogen-bond acceptors (Lipinski definition) is 2. The third-order valence-electron chi connectivity index (χ3n) is 4.04. The van der Waals surface area contributed by atoms with E-state index < -0.39 is 0 Å². The van der Waals surface area contributed by atoms with Crippen molar-refractivity contribution in [3.63, 3.8) is 0 Å². The highest BCUT2D eigenvalue weighted by molar-refractivity contribution is 5.89. The van der Waals surface area contributed by atoms with Gasteiger partial charge in [0.05, 0.1) is 5.41 Å². The summed E-state index contributed by atoms with van der Waals surface area (Å²) in [5.74, 6) is 0.282. The maximum atomic E-state index is 12.0. The first-order chi connectivity index (χ1) is 8.53. The van der Waals surface area contributed by atoms with Crippen molar-refractivity contribution in [2.75, 3.05) is 19.6 Å². The molecule has 2 aliphatic heterocycles. The summed E-state index contributed by atoms with van der Waals surface area (Å²) in [4.78, 5) is 25.8. The van der Waals surface area contributed by atoms with Crippen LogP contribution >= 0.6 is 0 Å². The van der Waals surface area contributed by atoms with Gasteiger partial charge in [0.25, 0.3) is 0 Å². The Hall–Kier alpha value is -1.32. The van der Waals surface area contributed by atoms with E-state index in [0.717, 1.165) is 37.8 Å². The molecule has 0 atom stereocenters. The van der Waals surface area contributed by atoms with Crippen molar-refractivity contribution in [2.24, 2.45) is 5.41 Å². The lowest BCUT2D eigenvalue weighted by atomic mass is 9.72. The number of nitrogens with one attached hydrogen (secondary N) is 1. The average Bonchev–Trinajstić information content (AvgIpc) is 2.33. The Morgan fingerprint density at radius 3 is 2.50 bits per heavy atom. The standard InChI is InChI=1S/C14H22N2O2/c1-11(2)10-12(17)16-8-5-14(6-9-16)4-3-7-15-13(14)18/h10H,3-9H2,1-2H3,(H,15,18). The van der Waals surface area contributed by atoms with E-state index in [1.807, 2.05) is 18.7 Å². The molecule has 2 aliphatic rings. The van der Waals surface area contributed by atoms with Gasteiger partial charge in [-0.2, -0.15) is 0 Å². The van der Waals surface area contributed by atoms with E-state index in [-0.39, 0.29) is 17.2 Å². The van der Waals surface area contributed by atoms with Crippen LogP contribution in [0.15, 0.2) is 11.6 Å². The number of carbonyl (C=O) groups excluding carboxylic acids is 2. The molecule has 2 fully saturated rings. The summed E-state index contributed by atoms with van der Waals surface area (Å²) in [5.41, 5.74) is 0.829. The van der Waals surface area contributed by atoms with E-state index in [4.69, 9.17) is 0 Å². The van der Waals surface area contributed by atoms with Crippen LogP contribution in [0, 0.1) is 5.41 Å². The summed E-state index contributed by atoms with van der Waals surface area (Å²) in [6.07, 6.45) is 5.33. The average molecular weight is 250 g/mol. The van der Waals surface area contributed by atoms with Crippen molar-refractivity contribution in [3.05, 3.63) is 11.6 Å². The Morgan fingerprint density at radius 2 is 1.94 bits per heavy atom. The van der Waals surface area contributed by atoms with Crippen molar-refractivity contribution in [3.8, 4) is 0 Å². The minimum Gasteiger partial charge on any atom is -0.356 e. The molecule has 0 aromatic rings. The van der Waals surface area contributed by atoms with Crippen LogP contribution < -0.4 is 5.32 Å². The Bertz CT molecular complexity index is 375. The van der Waals surface area contributed by atoms with Gasteiger partial charge in [0.2, 0.25) is 11.8 Å². The lowest BCUT2D eigenvalue weighted by Crippen LogP contribution is -2.52.